The number of nitrogen functional groups attached to an aromatic ring is 1. The fourth-order valence-corrected chi connectivity index (χ4v) is 5.33. The fraction of sp³-hybridized carbons (Fsp3) is 0.357. The highest BCUT2D eigenvalue weighted by Gasteiger charge is 2.32. The summed E-state index contributed by atoms with van der Waals surface area (Å²) in [5.74, 6) is 0.738. The van der Waals surface area contributed by atoms with E-state index in [1.165, 1.54) is 12.8 Å². The van der Waals surface area contributed by atoms with Crippen LogP contribution in [0.15, 0.2) is 54.9 Å². The highest BCUT2D eigenvalue weighted by atomic mass is 19.4. The number of alkyl halides is 3. The molecule has 4 heterocycles. The Kier molecular flexibility index (Phi) is 6.46. The molecule has 2 aliphatic rings. The predicted molar refractivity (Wildman–Crippen MR) is 142 cm³/mol. The van der Waals surface area contributed by atoms with E-state index in [0.29, 0.717) is 11.5 Å². The lowest BCUT2D eigenvalue weighted by Crippen LogP contribution is -2.36. The first-order valence-corrected chi connectivity index (χ1v) is 13.1. The van der Waals surface area contributed by atoms with E-state index in [-0.39, 0.29) is 17.3 Å². The Hall–Kier alpha value is -3.99. The molecular weight excluding hydrogens is 507 g/mol. The summed E-state index contributed by atoms with van der Waals surface area (Å²) >= 11 is 0. The van der Waals surface area contributed by atoms with Gasteiger partial charge in [0.2, 0.25) is 0 Å². The Bertz CT molecular complexity index is 1510. The summed E-state index contributed by atoms with van der Waals surface area (Å²) in [7, 11) is 0. The van der Waals surface area contributed by atoms with Gasteiger partial charge in [0.15, 0.2) is 0 Å². The molecule has 0 radical (unpaired) electrons. The Morgan fingerprint density at radius 1 is 1.05 bits per heavy atom. The van der Waals surface area contributed by atoms with Crippen LogP contribution in [0.4, 0.5) is 24.8 Å². The quantitative estimate of drug-likeness (QED) is 0.349. The number of nitrogens with two attached hydrogens (primary N) is 1. The number of fused-ring (bicyclic) bond motifs is 1. The van der Waals surface area contributed by atoms with Gasteiger partial charge in [-0.2, -0.15) is 18.3 Å². The third kappa shape index (κ3) is 5.31. The van der Waals surface area contributed by atoms with Crippen molar-refractivity contribution < 1.29 is 18.0 Å². The van der Waals surface area contributed by atoms with Crippen molar-refractivity contribution in [2.75, 3.05) is 30.7 Å². The average Bonchev–Trinajstić information content (AvgIpc) is 3.65. The van der Waals surface area contributed by atoms with Crippen molar-refractivity contribution in [1.29, 1.82) is 0 Å². The van der Waals surface area contributed by atoms with Gasteiger partial charge in [0, 0.05) is 42.4 Å². The van der Waals surface area contributed by atoms with Gasteiger partial charge in [-0.15, -0.1) is 0 Å². The van der Waals surface area contributed by atoms with Crippen molar-refractivity contribution in [3.8, 4) is 5.69 Å². The molecular formula is C28H28F3N7O. The summed E-state index contributed by atoms with van der Waals surface area (Å²) in [6.45, 7) is 3.24. The summed E-state index contributed by atoms with van der Waals surface area (Å²) in [6, 6.07) is 10.3. The minimum Gasteiger partial charge on any atom is -0.382 e. The molecule has 4 aromatic rings. The van der Waals surface area contributed by atoms with Crippen LogP contribution in [0.25, 0.3) is 16.6 Å². The van der Waals surface area contributed by atoms with Gasteiger partial charge >= 0.3 is 6.18 Å². The smallest absolute Gasteiger partial charge is 0.382 e. The van der Waals surface area contributed by atoms with E-state index in [2.05, 4.69) is 20.2 Å². The second-order valence-corrected chi connectivity index (χ2v) is 10.4. The SMILES string of the molecule is Nc1nccc2c(C3CCCN(CC4CC4)C3)nn(-c3ccc(C(=O)Nc4cc(C(F)(F)F)ccn4)cc3)c12. The zero-order valence-corrected chi connectivity index (χ0v) is 21.2. The van der Waals surface area contributed by atoms with E-state index < -0.39 is 17.6 Å². The first-order valence-electron chi connectivity index (χ1n) is 13.1. The van der Waals surface area contributed by atoms with Gasteiger partial charge in [0.25, 0.3) is 5.91 Å². The van der Waals surface area contributed by atoms with Crippen molar-refractivity contribution in [3.63, 3.8) is 0 Å². The summed E-state index contributed by atoms with van der Waals surface area (Å²) in [6.07, 6.45) is 3.01. The molecule has 3 N–H and O–H groups in total. The molecule has 1 aliphatic carbocycles. The number of hydrogen-bond acceptors (Lipinski definition) is 6. The normalized spacial score (nSPS) is 18.4. The van der Waals surface area contributed by atoms with Gasteiger partial charge in [-0.1, -0.05) is 0 Å². The predicted octanol–water partition coefficient (Wildman–Crippen LogP) is 5.26. The lowest BCUT2D eigenvalue weighted by Gasteiger charge is -2.32. The molecule has 6 rings (SSSR count). The molecule has 1 unspecified atom stereocenters. The van der Waals surface area contributed by atoms with Crippen LogP contribution in [-0.2, 0) is 6.18 Å². The van der Waals surface area contributed by atoms with Gasteiger partial charge in [-0.3, -0.25) is 4.79 Å². The Morgan fingerprint density at radius 2 is 1.82 bits per heavy atom. The third-order valence-corrected chi connectivity index (χ3v) is 7.46. The lowest BCUT2D eigenvalue weighted by molar-refractivity contribution is -0.137. The number of halogens is 3. The van der Waals surface area contributed by atoms with Crippen molar-refractivity contribution >= 4 is 28.4 Å². The molecule has 11 heteroatoms. The monoisotopic (exact) mass is 535 g/mol. The van der Waals surface area contributed by atoms with E-state index in [4.69, 9.17) is 10.8 Å². The van der Waals surface area contributed by atoms with Crippen LogP contribution in [0.3, 0.4) is 0 Å². The number of amides is 1. The van der Waals surface area contributed by atoms with E-state index in [9.17, 15) is 18.0 Å². The van der Waals surface area contributed by atoms with Crippen molar-refractivity contribution in [1.82, 2.24) is 24.6 Å². The van der Waals surface area contributed by atoms with Crippen molar-refractivity contribution in [2.24, 2.45) is 5.92 Å². The van der Waals surface area contributed by atoms with Crippen LogP contribution in [0.5, 0.6) is 0 Å². The molecule has 39 heavy (non-hydrogen) atoms. The van der Waals surface area contributed by atoms with Crippen LogP contribution in [0, 0.1) is 5.92 Å². The van der Waals surface area contributed by atoms with Crippen molar-refractivity contribution in [3.05, 3.63) is 71.7 Å². The van der Waals surface area contributed by atoms with E-state index >= 15 is 0 Å². The highest BCUT2D eigenvalue weighted by Crippen LogP contribution is 2.36. The molecule has 1 aliphatic heterocycles. The minimum absolute atomic E-state index is 0.177. The number of piperidine rings is 1. The molecule has 2 fully saturated rings. The second kappa shape index (κ2) is 9.96. The summed E-state index contributed by atoms with van der Waals surface area (Å²) < 4.78 is 40.8. The summed E-state index contributed by atoms with van der Waals surface area (Å²) in [5.41, 5.74) is 8.11. The van der Waals surface area contributed by atoms with Gasteiger partial charge in [-0.25, -0.2) is 14.6 Å². The first kappa shape index (κ1) is 25.3. The number of nitrogens with zero attached hydrogens (tertiary/aromatic N) is 5. The summed E-state index contributed by atoms with van der Waals surface area (Å²) in [5, 5.41) is 8.40. The number of carbonyl (C=O) groups is 1. The fourth-order valence-electron chi connectivity index (χ4n) is 5.33. The molecule has 202 valence electrons. The largest absolute Gasteiger partial charge is 0.416 e. The average molecular weight is 536 g/mol. The maximum absolute atomic E-state index is 13.0. The van der Waals surface area contributed by atoms with Crippen LogP contribution in [-0.4, -0.2) is 50.2 Å². The van der Waals surface area contributed by atoms with Gasteiger partial charge < -0.3 is 16.0 Å². The molecule has 1 amide bonds. The topological polar surface area (TPSA) is 102 Å². The van der Waals surface area contributed by atoms with E-state index in [0.717, 1.165) is 73.3 Å². The number of rotatable bonds is 6. The number of hydrogen-bond donors (Lipinski definition) is 2. The number of pyridine rings is 2. The molecule has 0 spiro atoms. The number of carbonyl (C=O) groups excluding carboxylic acids is 1. The Balaban J connectivity index is 1.26. The zero-order valence-electron chi connectivity index (χ0n) is 21.2. The third-order valence-electron chi connectivity index (χ3n) is 7.46. The van der Waals surface area contributed by atoms with Gasteiger partial charge in [-0.05, 0) is 80.6 Å². The van der Waals surface area contributed by atoms with Crippen LogP contribution in [0.2, 0.25) is 0 Å². The minimum atomic E-state index is -4.53. The molecule has 1 aromatic carbocycles. The molecule has 1 saturated heterocycles. The van der Waals surface area contributed by atoms with Crippen LogP contribution in [0.1, 0.15) is 53.2 Å². The van der Waals surface area contributed by atoms with E-state index in [1.807, 2.05) is 6.07 Å². The van der Waals surface area contributed by atoms with E-state index in [1.54, 1.807) is 35.1 Å². The van der Waals surface area contributed by atoms with Gasteiger partial charge in [0.1, 0.15) is 17.2 Å². The highest BCUT2D eigenvalue weighted by molar-refractivity contribution is 6.04. The van der Waals surface area contributed by atoms with Gasteiger partial charge in [0.05, 0.1) is 16.9 Å². The van der Waals surface area contributed by atoms with Crippen LogP contribution < -0.4 is 11.1 Å². The number of nitrogens with one attached hydrogen (secondary N) is 1. The standard InChI is InChI=1S/C28H28F3N7O/c29-28(30,31)20-9-11-33-23(14-20)35-27(39)18-5-7-21(8-6-18)38-25-22(10-12-34-26(25)32)24(36-38)19-2-1-13-37(16-19)15-17-3-4-17/h5-12,14,17,19H,1-4,13,15-16H2,(H2,32,34)(H,33,35,39). The summed E-state index contributed by atoms with van der Waals surface area (Å²) in [4.78, 5) is 23.4. The second-order valence-electron chi connectivity index (χ2n) is 10.4. The molecule has 0 bridgehead atoms. The molecule has 3 aromatic heterocycles. The Morgan fingerprint density at radius 3 is 2.56 bits per heavy atom. The molecule has 8 nitrogen and oxygen atoms in total. The maximum atomic E-state index is 13.0. The number of anilines is 2. The molecule has 1 atom stereocenters. The zero-order chi connectivity index (χ0) is 27.1. The van der Waals surface area contributed by atoms with Crippen LogP contribution >= 0.6 is 0 Å². The maximum Gasteiger partial charge on any atom is 0.416 e. The van der Waals surface area contributed by atoms with Crippen molar-refractivity contribution in [2.45, 2.75) is 37.8 Å². The first-order chi connectivity index (χ1) is 18.8. The number of likely N-dealkylation sites (tertiary alicyclic amines) is 1. The number of aromatic nitrogens is 4. The Labute approximate surface area is 223 Å². The molecule has 1 saturated carbocycles. The lowest BCUT2D eigenvalue weighted by atomic mass is 9.93. The number of benzene rings is 1.